The molecule has 1 aromatic heterocycles. The third-order valence-electron chi connectivity index (χ3n) is 3.84. The first-order chi connectivity index (χ1) is 11.5. The third-order valence-corrected chi connectivity index (χ3v) is 3.84. The Bertz CT molecular complexity index is 995. The first kappa shape index (κ1) is 15.9. The van der Waals surface area contributed by atoms with E-state index in [1.54, 1.807) is 25.1 Å². The highest BCUT2D eigenvalue weighted by atomic mass is 19.1. The van der Waals surface area contributed by atoms with Crippen molar-refractivity contribution in [2.75, 3.05) is 5.32 Å². The van der Waals surface area contributed by atoms with Gasteiger partial charge in [0.25, 0.3) is 5.56 Å². The lowest BCUT2D eigenvalue weighted by Crippen LogP contribution is -2.28. The molecular formula is C18H16FN3O2. The van der Waals surface area contributed by atoms with E-state index in [-0.39, 0.29) is 12.1 Å². The Labute approximate surface area is 137 Å². The number of halogens is 1. The van der Waals surface area contributed by atoms with Crippen molar-refractivity contribution in [1.29, 1.82) is 0 Å². The minimum atomic E-state index is -0.434. The maximum absolute atomic E-state index is 13.3. The molecule has 6 heteroatoms. The Morgan fingerprint density at radius 3 is 2.79 bits per heavy atom. The van der Waals surface area contributed by atoms with E-state index in [0.29, 0.717) is 16.6 Å². The zero-order chi connectivity index (χ0) is 17.3. The highest BCUT2D eigenvalue weighted by Crippen LogP contribution is 2.16. The number of rotatable bonds is 3. The summed E-state index contributed by atoms with van der Waals surface area (Å²) in [5.74, 6) is -0.851. The van der Waals surface area contributed by atoms with E-state index in [4.69, 9.17) is 0 Å². The second-order valence-corrected chi connectivity index (χ2v) is 5.66. The molecule has 0 aliphatic carbocycles. The second-order valence-electron chi connectivity index (χ2n) is 5.66. The van der Waals surface area contributed by atoms with Crippen molar-refractivity contribution >= 4 is 22.5 Å². The molecule has 0 fully saturated rings. The van der Waals surface area contributed by atoms with Crippen LogP contribution in [0, 0.1) is 19.7 Å². The van der Waals surface area contributed by atoms with Crippen LogP contribution in [0.1, 0.15) is 11.1 Å². The van der Waals surface area contributed by atoms with E-state index in [1.165, 1.54) is 23.0 Å². The van der Waals surface area contributed by atoms with Gasteiger partial charge in [0.15, 0.2) is 0 Å². The van der Waals surface area contributed by atoms with Gasteiger partial charge < -0.3 is 5.32 Å². The summed E-state index contributed by atoms with van der Waals surface area (Å²) in [7, 11) is 0. The average molecular weight is 325 g/mol. The van der Waals surface area contributed by atoms with Gasteiger partial charge in [-0.3, -0.25) is 14.2 Å². The lowest BCUT2D eigenvalue weighted by atomic mass is 10.1. The van der Waals surface area contributed by atoms with Crippen LogP contribution >= 0.6 is 0 Å². The predicted molar refractivity (Wildman–Crippen MR) is 90.5 cm³/mol. The number of carbonyl (C=O) groups is 1. The van der Waals surface area contributed by atoms with Gasteiger partial charge in [0.2, 0.25) is 5.91 Å². The van der Waals surface area contributed by atoms with Gasteiger partial charge in [-0.2, -0.15) is 0 Å². The Morgan fingerprint density at radius 1 is 1.21 bits per heavy atom. The Morgan fingerprint density at radius 2 is 2.00 bits per heavy atom. The number of amides is 1. The van der Waals surface area contributed by atoms with Crippen LogP contribution in [0.4, 0.5) is 10.1 Å². The molecule has 0 unspecified atom stereocenters. The monoisotopic (exact) mass is 325 g/mol. The summed E-state index contributed by atoms with van der Waals surface area (Å²) in [6.45, 7) is 3.45. The third kappa shape index (κ3) is 3.03. The van der Waals surface area contributed by atoms with Gasteiger partial charge in [-0.25, -0.2) is 9.37 Å². The molecular weight excluding hydrogens is 309 g/mol. The number of hydrogen-bond acceptors (Lipinski definition) is 3. The van der Waals surface area contributed by atoms with Crippen LogP contribution in [0.15, 0.2) is 47.5 Å². The van der Waals surface area contributed by atoms with E-state index in [0.717, 1.165) is 11.1 Å². The van der Waals surface area contributed by atoms with Gasteiger partial charge in [-0.05, 0) is 43.2 Å². The number of para-hydroxylation sites is 1. The van der Waals surface area contributed by atoms with Crippen molar-refractivity contribution < 1.29 is 9.18 Å². The minimum Gasteiger partial charge on any atom is -0.324 e. The number of anilines is 1. The Kier molecular flexibility index (Phi) is 4.12. The van der Waals surface area contributed by atoms with Crippen molar-refractivity contribution in [2.24, 2.45) is 0 Å². The van der Waals surface area contributed by atoms with E-state index >= 15 is 0 Å². The largest absolute Gasteiger partial charge is 0.324 e. The first-order valence-electron chi connectivity index (χ1n) is 7.46. The molecule has 0 bridgehead atoms. The molecule has 122 valence electrons. The number of nitrogens with zero attached hydrogens (tertiary/aromatic N) is 2. The van der Waals surface area contributed by atoms with Gasteiger partial charge in [0, 0.05) is 5.69 Å². The van der Waals surface area contributed by atoms with E-state index in [9.17, 15) is 14.0 Å². The maximum Gasteiger partial charge on any atom is 0.261 e. The van der Waals surface area contributed by atoms with Crippen LogP contribution in [0.5, 0.6) is 0 Å². The number of aromatic nitrogens is 2. The van der Waals surface area contributed by atoms with Crippen LogP contribution in [-0.4, -0.2) is 15.5 Å². The molecule has 3 aromatic rings. The lowest BCUT2D eigenvalue weighted by Gasteiger charge is -2.10. The summed E-state index contributed by atoms with van der Waals surface area (Å²) < 4.78 is 14.5. The standard InChI is InChI=1S/C18H16FN3O2/c1-11-6-7-13(19)8-15(11)21-16(23)9-22-10-20-17-12(2)4-3-5-14(17)18(22)24/h3-8,10H,9H2,1-2H3,(H,21,23). The molecule has 1 N–H and O–H groups in total. The SMILES string of the molecule is Cc1ccc(F)cc1NC(=O)Cn1cnc2c(C)cccc2c1=O. The smallest absolute Gasteiger partial charge is 0.261 e. The summed E-state index contributed by atoms with van der Waals surface area (Å²) in [6, 6.07) is 9.49. The minimum absolute atomic E-state index is 0.189. The van der Waals surface area contributed by atoms with Crippen molar-refractivity contribution in [1.82, 2.24) is 9.55 Å². The fourth-order valence-corrected chi connectivity index (χ4v) is 2.52. The van der Waals surface area contributed by atoms with Crippen LogP contribution in [0.25, 0.3) is 10.9 Å². The maximum atomic E-state index is 13.3. The summed E-state index contributed by atoms with van der Waals surface area (Å²) in [5.41, 5.74) is 2.37. The normalized spacial score (nSPS) is 10.8. The molecule has 2 aromatic carbocycles. The molecule has 0 spiro atoms. The zero-order valence-corrected chi connectivity index (χ0v) is 13.3. The fraction of sp³-hybridized carbons (Fsp3) is 0.167. The number of fused-ring (bicyclic) bond motifs is 1. The molecule has 0 aliphatic heterocycles. The Hall–Kier alpha value is -3.02. The van der Waals surface area contributed by atoms with Crippen molar-refractivity contribution in [3.8, 4) is 0 Å². The summed E-state index contributed by atoms with van der Waals surface area (Å²) >= 11 is 0. The number of aryl methyl sites for hydroxylation is 2. The topological polar surface area (TPSA) is 64.0 Å². The van der Waals surface area contributed by atoms with Gasteiger partial charge in [0.1, 0.15) is 12.4 Å². The van der Waals surface area contributed by atoms with Gasteiger partial charge in [-0.15, -0.1) is 0 Å². The zero-order valence-electron chi connectivity index (χ0n) is 13.3. The first-order valence-corrected chi connectivity index (χ1v) is 7.46. The lowest BCUT2D eigenvalue weighted by molar-refractivity contribution is -0.116. The molecule has 24 heavy (non-hydrogen) atoms. The summed E-state index contributed by atoms with van der Waals surface area (Å²) in [5, 5.41) is 3.08. The van der Waals surface area contributed by atoms with Crippen molar-refractivity contribution in [2.45, 2.75) is 20.4 Å². The highest BCUT2D eigenvalue weighted by Gasteiger charge is 2.10. The van der Waals surface area contributed by atoms with Gasteiger partial charge in [-0.1, -0.05) is 18.2 Å². The predicted octanol–water partition coefficient (Wildman–Crippen LogP) is 2.79. The molecule has 0 saturated heterocycles. The van der Waals surface area contributed by atoms with E-state index in [1.807, 2.05) is 13.0 Å². The number of carbonyl (C=O) groups excluding carboxylic acids is 1. The van der Waals surface area contributed by atoms with Crippen LogP contribution in [0.2, 0.25) is 0 Å². The average Bonchev–Trinajstić information content (AvgIpc) is 2.54. The van der Waals surface area contributed by atoms with Crippen LogP contribution in [0.3, 0.4) is 0 Å². The van der Waals surface area contributed by atoms with E-state index in [2.05, 4.69) is 10.3 Å². The quantitative estimate of drug-likeness (QED) is 0.805. The highest BCUT2D eigenvalue weighted by molar-refractivity contribution is 5.91. The molecule has 0 radical (unpaired) electrons. The van der Waals surface area contributed by atoms with Gasteiger partial charge >= 0.3 is 0 Å². The van der Waals surface area contributed by atoms with Crippen molar-refractivity contribution in [3.63, 3.8) is 0 Å². The Balaban J connectivity index is 1.87. The molecule has 0 saturated carbocycles. The second kappa shape index (κ2) is 6.23. The van der Waals surface area contributed by atoms with Crippen LogP contribution < -0.4 is 10.9 Å². The molecule has 5 nitrogen and oxygen atoms in total. The van der Waals surface area contributed by atoms with Crippen molar-refractivity contribution in [3.05, 3.63) is 70.0 Å². The van der Waals surface area contributed by atoms with Gasteiger partial charge in [0.05, 0.1) is 17.2 Å². The number of hydrogen-bond donors (Lipinski definition) is 1. The number of nitrogens with one attached hydrogen (secondary N) is 1. The van der Waals surface area contributed by atoms with E-state index < -0.39 is 11.7 Å². The van der Waals surface area contributed by atoms with Crippen LogP contribution in [-0.2, 0) is 11.3 Å². The summed E-state index contributed by atoms with van der Waals surface area (Å²) in [4.78, 5) is 28.9. The fourth-order valence-electron chi connectivity index (χ4n) is 2.52. The molecule has 0 aliphatic rings. The molecule has 3 rings (SSSR count). The molecule has 1 heterocycles. The molecule has 0 atom stereocenters. The number of benzene rings is 2. The summed E-state index contributed by atoms with van der Waals surface area (Å²) in [6.07, 6.45) is 1.36. The molecule has 1 amide bonds.